The van der Waals surface area contributed by atoms with Crippen LogP contribution >= 0.6 is 0 Å². The van der Waals surface area contributed by atoms with Crippen molar-refractivity contribution < 1.29 is 0 Å². The van der Waals surface area contributed by atoms with E-state index >= 15 is 0 Å². The maximum Gasteiger partial charge on any atom is 0.332 e. The van der Waals surface area contributed by atoms with Crippen molar-refractivity contribution >= 4 is 17.1 Å². The number of anilines is 1. The fourth-order valence-electron chi connectivity index (χ4n) is 3.47. The molecular formula is C17H25N5O2. The van der Waals surface area contributed by atoms with Gasteiger partial charge >= 0.3 is 5.69 Å². The molecule has 1 fully saturated rings. The summed E-state index contributed by atoms with van der Waals surface area (Å²) in [5.41, 5.74) is 1.19. The van der Waals surface area contributed by atoms with Crippen LogP contribution in [0.5, 0.6) is 0 Å². The van der Waals surface area contributed by atoms with Crippen molar-refractivity contribution in [2.75, 3.05) is 18.0 Å². The molecule has 3 rings (SSSR count). The standard InChI is InChI=1S/C17H25N5O2/c1-11(2)9-22-13-14(19(4)17(24)20(5)15(13)23)18-16(22)21-8-6-7-12(3)10-21/h12H,1,6-10H2,2-5H3/t12-/m1/s1. The van der Waals surface area contributed by atoms with E-state index in [1.54, 1.807) is 7.05 Å². The summed E-state index contributed by atoms with van der Waals surface area (Å²) < 4.78 is 4.50. The van der Waals surface area contributed by atoms with Gasteiger partial charge in [-0.05, 0) is 25.7 Å². The molecule has 1 aliphatic rings. The van der Waals surface area contributed by atoms with Gasteiger partial charge in [-0.3, -0.25) is 13.9 Å². The number of allylic oxidation sites excluding steroid dienone is 1. The summed E-state index contributed by atoms with van der Waals surface area (Å²) in [4.78, 5) is 31.8. The van der Waals surface area contributed by atoms with E-state index in [0.717, 1.165) is 35.6 Å². The van der Waals surface area contributed by atoms with E-state index in [2.05, 4.69) is 23.4 Å². The molecule has 0 spiro atoms. The monoisotopic (exact) mass is 331 g/mol. The topological polar surface area (TPSA) is 65.1 Å². The maximum atomic E-state index is 12.7. The highest BCUT2D eigenvalue weighted by atomic mass is 16.2. The molecule has 0 N–H and O–H groups in total. The Labute approximate surface area is 140 Å². The average Bonchev–Trinajstić information content (AvgIpc) is 2.89. The van der Waals surface area contributed by atoms with Crippen molar-refractivity contribution in [2.24, 2.45) is 20.0 Å². The van der Waals surface area contributed by atoms with Gasteiger partial charge in [0, 0.05) is 33.7 Å². The third-order valence-corrected chi connectivity index (χ3v) is 4.70. The van der Waals surface area contributed by atoms with Crippen LogP contribution in [0.1, 0.15) is 26.7 Å². The van der Waals surface area contributed by atoms with E-state index in [1.165, 1.54) is 18.0 Å². The predicted molar refractivity (Wildman–Crippen MR) is 95.6 cm³/mol. The van der Waals surface area contributed by atoms with Gasteiger partial charge in [0.25, 0.3) is 5.56 Å². The highest BCUT2D eigenvalue weighted by Gasteiger charge is 2.25. The fraction of sp³-hybridized carbons (Fsp3) is 0.588. The van der Waals surface area contributed by atoms with Gasteiger partial charge in [-0.25, -0.2) is 4.79 Å². The molecule has 2 aromatic rings. The van der Waals surface area contributed by atoms with Crippen molar-refractivity contribution in [3.8, 4) is 0 Å². The Balaban J connectivity index is 2.31. The van der Waals surface area contributed by atoms with Crippen molar-refractivity contribution in [2.45, 2.75) is 33.2 Å². The second-order valence-corrected chi connectivity index (χ2v) is 7.03. The molecule has 1 aliphatic heterocycles. The minimum Gasteiger partial charge on any atom is -0.342 e. The molecular weight excluding hydrogens is 306 g/mol. The van der Waals surface area contributed by atoms with Gasteiger partial charge in [0.15, 0.2) is 11.2 Å². The summed E-state index contributed by atoms with van der Waals surface area (Å²) in [6.07, 6.45) is 2.31. The van der Waals surface area contributed by atoms with Gasteiger partial charge in [-0.15, -0.1) is 0 Å². The van der Waals surface area contributed by atoms with Crippen molar-refractivity contribution in [1.29, 1.82) is 0 Å². The first kappa shape index (κ1) is 16.5. The van der Waals surface area contributed by atoms with E-state index in [9.17, 15) is 9.59 Å². The Morgan fingerprint density at radius 2 is 2.00 bits per heavy atom. The Hall–Kier alpha value is -2.31. The molecule has 24 heavy (non-hydrogen) atoms. The summed E-state index contributed by atoms with van der Waals surface area (Å²) in [6.45, 7) is 10.5. The first-order valence-electron chi connectivity index (χ1n) is 8.36. The van der Waals surface area contributed by atoms with Crippen LogP contribution in [0.2, 0.25) is 0 Å². The van der Waals surface area contributed by atoms with Gasteiger partial charge in [-0.1, -0.05) is 19.1 Å². The molecule has 3 heterocycles. The number of aromatic nitrogens is 4. The zero-order valence-corrected chi connectivity index (χ0v) is 14.9. The van der Waals surface area contributed by atoms with Crippen molar-refractivity contribution in [3.63, 3.8) is 0 Å². The van der Waals surface area contributed by atoms with Gasteiger partial charge in [0.2, 0.25) is 5.95 Å². The molecule has 2 aromatic heterocycles. The molecule has 0 aliphatic carbocycles. The summed E-state index contributed by atoms with van der Waals surface area (Å²) >= 11 is 0. The Morgan fingerprint density at radius 3 is 2.62 bits per heavy atom. The van der Waals surface area contributed by atoms with Crippen molar-refractivity contribution in [1.82, 2.24) is 18.7 Å². The zero-order chi connectivity index (χ0) is 17.6. The number of hydrogen-bond acceptors (Lipinski definition) is 4. The lowest BCUT2D eigenvalue weighted by Crippen LogP contribution is -2.38. The quantitative estimate of drug-likeness (QED) is 0.794. The molecule has 0 amide bonds. The Kier molecular flexibility index (Phi) is 4.11. The minimum atomic E-state index is -0.356. The van der Waals surface area contributed by atoms with Gasteiger partial charge in [-0.2, -0.15) is 4.98 Å². The normalized spacial score (nSPS) is 18.3. The minimum absolute atomic E-state index is 0.307. The number of hydrogen-bond donors (Lipinski definition) is 0. The van der Waals surface area contributed by atoms with E-state index in [0.29, 0.717) is 23.6 Å². The van der Waals surface area contributed by atoms with E-state index in [4.69, 9.17) is 0 Å². The van der Waals surface area contributed by atoms with E-state index < -0.39 is 0 Å². The molecule has 130 valence electrons. The fourth-order valence-corrected chi connectivity index (χ4v) is 3.47. The van der Waals surface area contributed by atoms with Gasteiger partial charge in [0.05, 0.1) is 0 Å². The highest BCUT2D eigenvalue weighted by molar-refractivity contribution is 5.74. The Morgan fingerprint density at radius 1 is 1.29 bits per heavy atom. The first-order chi connectivity index (χ1) is 11.3. The van der Waals surface area contributed by atoms with Gasteiger partial charge in [0.1, 0.15) is 0 Å². The maximum absolute atomic E-state index is 12.7. The number of aryl methyl sites for hydroxylation is 1. The number of rotatable bonds is 3. The lowest BCUT2D eigenvalue weighted by Gasteiger charge is -2.32. The highest BCUT2D eigenvalue weighted by Crippen LogP contribution is 2.25. The lowest BCUT2D eigenvalue weighted by atomic mass is 10.0. The van der Waals surface area contributed by atoms with Gasteiger partial charge < -0.3 is 9.47 Å². The molecule has 0 saturated carbocycles. The van der Waals surface area contributed by atoms with Crippen LogP contribution in [0.4, 0.5) is 5.95 Å². The molecule has 0 unspecified atom stereocenters. The molecule has 1 atom stereocenters. The SMILES string of the molecule is C=C(C)Cn1c(N2CCC[C@@H](C)C2)nc2c1c(=O)n(C)c(=O)n2C. The summed E-state index contributed by atoms with van der Waals surface area (Å²) in [7, 11) is 3.16. The average molecular weight is 331 g/mol. The molecule has 1 saturated heterocycles. The number of nitrogens with zero attached hydrogens (tertiary/aromatic N) is 5. The second kappa shape index (κ2) is 5.96. The van der Waals surface area contributed by atoms with Crippen LogP contribution in [0.3, 0.4) is 0 Å². The Bertz CT molecular complexity index is 918. The summed E-state index contributed by atoms with van der Waals surface area (Å²) in [5.74, 6) is 1.35. The van der Waals surface area contributed by atoms with Crippen LogP contribution in [-0.4, -0.2) is 31.8 Å². The van der Waals surface area contributed by atoms with Crippen LogP contribution in [0, 0.1) is 5.92 Å². The lowest BCUT2D eigenvalue weighted by molar-refractivity contribution is 0.439. The number of fused-ring (bicyclic) bond motifs is 1. The molecule has 7 nitrogen and oxygen atoms in total. The van der Waals surface area contributed by atoms with Crippen molar-refractivity contribution in [3.05, 3.63) is 33.0 Å². The predicted octanol–water partition coefficient (Wildman–Crippen LogP) is 1.25. The number of imidazole rings is 1. The molecule has 0 aromatic carbocycles. The number of piperidine rings is 1. The van der Waals surface area contributed by atoms with E-state index in [1.807, 2.05) is 11.5 Å². The largest absolute Gasteiger partial charge is 0.342 e. The molecule has 0 bridgehead atoms. The van der Waals surface area contributed by atoms with Crippen LogP contribution in [0.25, 0.3) is 11.2 Å². The smallest absolute Gasteiger partial charge is 0.332 e. The summed E-state index contributed by atoms with van der Waals surface area (Å²) in [6, 6.07) is 0. The summed E-state index contributed by atoms with van der Waals surface area (Å²) in [5, 5.41) is 0. The first-order valence-corrected chi connectivity index (χ1v) is 8.36. The van der Waals surface area contributed by atoms with Crippen LogP contribution in [-0.2, 0) is 20.6 Å². The van der Waals surface area contributed by atoms with Crippen LogP contribution < -0.4 is 16.1 Å². The third-order valence-electron chi connectivity index (χ3n) is 4.70. The molecule has 7 heteroatoms. The zero-order valence-electron chi connectivity index (χ0n) is 14.9. The van der Waals surface area contributed by atoms with Crippen LogP contribution in [0.15, 0.2) is 21.7 Å². The second-order valence-electron chi connectivity index (χ2n) is 7.03. The third kappa shape index (κ3) is 2.57. The molecule has 0 radical (unpaired) electrons. The van der Waals surface area contributed by atoms with E-state index in [-0.39, 0.29) is 11.2 Å².